The van der Waals surface area contributed by atoms with Crippen LogP contribution >= 0.6 is 23.2 Å². The zero-order chi connectivity index (χ0) is 23.2. The van der Waals surface area contributed by atoms with Crippen molar-refractivity contribution in [1.29, 1.82) is 5.26 Å². The predicted molar refractivity (Wildman–Crippen MR) is 128 cm³/mol. The minimum atomic E-state index is -0.350. The van der Waals surface area contributed by atoms with Crippen LogP contribution in [0.15, 0.2) is 35.1 Å². The molecular weight excluding hydrogens is 449 g/mol. The fourth-order valence-corrected chi connectivity index (χ4v) is 4.98. The van der Waals surface area contributed by atoms with Gasteiger partial charge in [0, 0.05) is 44.3 Å². The first-order valence-corrected chi connectivity index (χ1v) is 11.0. The fraction of sp³-hybridized carbons (Fsp3) is 0.348. The van der Waals surface area contributed by atoms with Crippen LogP contribution in [0.2, 0.25) is 10.2 Å². The molecule has 0 spiro atoms. The van der Waals surface area contributed by atoms with E-state index in [9.17, 15) is 15.2 Å². The molecule has 166 valence electrons. The predicted octanol–water partition coefficient (Wildman–Crippen LogP) is 4.17. The van der Waals surface area contributed by atoms with E-state index in [-0.39, 0.29) is 28.8 Å². The fourth-order valence-electron chi connectivity index (χ4n) is 4.66. The topological polar surface area (TPSA) is 85.4 Å². The number of fused-ring (bicyclic) bond motifs is 1. The Bertz CT molecular complexity index is 1300. The SMILES string of the molecule is C[C@H]1CN(c2c(C#N)c(=O)n(C)c3ccc(Cl)nc23)CC[C@H]1N(C)c1ccc(Cl)cc1O. The van der Waals surface area contributed by atoms with E-state index >= 15 is 0 Å². The molecule has 7 nitrogen and oxygen atoms in total. The lowest BCUT2D eigenvalue weighted by Gasteiger charge is -2.43. The zero-order valence-electron chi connectivity index (χ0n) is 18.0. The van der Waals surface area contributed by atoms with Gasteiger partial charge in [0.05, 0.1) is 16.9 Å². The molecule has 0 unspecified atom stereocenters. The molecule has 1 aromatic carbocycles. The molecule has 0 radical (unpaired) electrons. The highest BCUT2D eigenvalue weighted by atomic mass is 35.5. The van der Waals surface area contributed by atoms with Crippen LogP contribution in [0.4, 0.5) is 11.4 Å². The molecule has 3 heterocycles. The van der Waals surface area contributed by atoms with Crippen molar-refractivity contribution < 1.29 is 5.11 Å². The van der Waals surface area contributed by atoms with Crippen molar-refractivity contribution in [2.24, 2.45) is 13.0 Å². The van der Waals surface area contributed by atoms with Gasteiger partial charge in [0.1, 0.15) is 28.1 Å². The second kappa shape index (κ2) is 8.53. The molecule has 1 aliphatic rings. The molecule has 0 aliphatic carbocycles. The van der Waals surface area contributed by atoms with Crippen molar-refractivity contribution >= 4 is 45.6 Å². The Balaban J connectivity index is 1.71. The Morgan fingerprint density at radius 2 is 2.03 bits per heavy atom. The molecule has 0 bridgehead atoms. The van der Waals surface area contributed by atoms with Gasteiger partial charge in [-0.25, -0.2) is 4.98 Å². The lowest BCUT2D eigenvalue weighted by atomic mass is 9.91. The van der Waals surface area contributed by atoms with E-state index < -0.39 is 0 Å². The number of halogens is 2. The van der Waals surface area contributed by atoms with E-state index in [1.54, 1.807) is 25.2 Å². The summed E-state index contributed by atoms with van der Waals surface area (Å²) in [6.45, 7) is 3.36. The molecule has 2 atom stereocenters. The molecule has 0 saturated carbocycles. The second-order valence-electron chi connectivity index (χ2n) is 8.22. The van der Waals surface area contributed by atoms with Crippen molar-refractivity contribution in [2.75, 3.05) is 29.9 Å². The van der Waals surface area contributed by atoms with Gasteiger partial charge in [-0.3, -0.25) is 4.79 Å². The Labute approximate surface area is 196 Å². The number of hydrogen-bond donors (Lipinski definition) is 1. The highest BCUT2D eigenvalue weighted by molar-refractivity contribution is 6.30. The number of rotatable bonds is 3. The smallest absolute Gasteiger partial charge is 0.270 e. The largest absolute Gasteiger partial charge is 0.506 e. The van der Waals surface area contributed by atoms with E-state index in [1.807, 2.05) is 13.1 Å². The van der Waals surface area contributed by atoms with Gasteiger partial charge >= 0.3 is 0 Å². The first-order valence-electron chi connectivity index (χ1n) is 10.3. The summed E-state index contributed by atoms with van der Waals surface area (Å²) in [5.74, 6) is 0.312. The molecule has 3 aromatic rings. The molecule has 0 amide bonds. The third-order valence-electron chi connectivity index (χ3n) is 6.28. The highest BCUT2D eigenvalue weighted by Gasteiger charge is 2.33. The van der Waals surface area contributed by atoms with E-state index in [0.717, 1.165) is 6.42 Å². The number of aryl methyl sites for hydroxylation is 1. The van der Waals surface area contributed by atoms with Gasteiger partial charge in [0.25, 0.3) is 5.56 Å². The molecule has 1 fully saturated rings. The van der Waals surface area contributed by atoms with Crippen molar-refractivity contribution in [3.8, 4) is 11.8 Å². The van der Waals surface area contributed by atoms with E-state index in [2.05, 4.69) is 27.8 Å². The Morgan fingerprint density at radius 1 is 1.28 bits per heavy atom. The number of pyridine rings is 2. The van der Waals surface area contributed by atoms with Crippen LogP contribution in [-0.2, 0) is 7.05 Å². The zero-order valence-corrected chi connectivity index (χ0v) is 19.5. The van der Waals surface area contributed by atoms with Crippen molar-refractivity contribution in [3.63, 3.8) is 0 Å². The van der Waals surface area contributed by atoms with E-state index in [0.29, 0.717) is 45.7 Å². The van der Waals surface area contributed by atoms with Crippen LogP contribution in [0.5, 0.6) is 5.75 Å². The van der Waals surface area contributed by atoms with Gasteiger partial charge in [-0.2, -0.15) is 5.26 Å². The second-order valence-corrected chi connectivity index (χ2v) is 9.05. The molecule has 32 heavy (non-hydrogen) atoms. The number of nitriles is 1. The van der Waals surface area contributed by atoms with Gasteiger partial charge in [0.15, 0.2) is 0 Å². The van der Waals surface area contributed by atoms with Crippen LogP contribution < -0.4 is 15.4 Å². The minimum Gasteiger partial charge on any atom is -0.506 e. The van der Waals surface area contributed by atoms with Gasteiger partial charge in [-0.15, -0.1) is 0 Å². The number of piperidine rings is 1. The van der Waals surface area contributed by atoms with Crippen LogP contribution in [0.25, 0.3) is 11.0 Å². The van der Waals surface area contributed by atoms with Gasteiger partial charge in [-0.05, 0) is 36.6 Å². The number of phenolic OH excluding ortho intramolecular Hbond substituents is 1. The average Bonchev–Trinajstić information content (AvgIpc) is 2.75. The Morgan fingerprint density at radius 3 is 2.69 bits per heavy atom. The quantitative estimate of drug-likeness (QED) is 0.576. The first-order chi connectivity index (χ1) is 15.2. The van der Waals surface area contributed by atoms with Crippen LogP contribution in [0.3, 0.4) is 0 Å². The van der Waals surface area contributed by atoms with Crippen LogP contribution in [-0.4, -0.2) is 40.8 Å². The molecule has 1 aliphatic heterocycles. The number of phenols is 1. The van der Waals surface area contributed by atoms with Crippen LogP contribution in [0.1, 0.15) is 18.9 Å². The summed E-state index contributed by atoms with van der Waals surface area (Å²) >= 11 is 12.1. The molecule has 4 rings (SSSR count). The summed E-state index contributed by atoms with van der Waals surface area (Å²) in [7, 11) is 3.59. The summed E-state index contributed by atoms with van der Waals surface area (Å²) < 4.78 is 1.44. The molecular formula is C23H23Cl2N5O2. The molecule has 1 saturated heterocycles. The summed E-state index contributed by atoms with van der Waals surface area (Å²) in [5.41, 5.74) is 2.15. The standard InChI is InChI=1S/C23H23Cl2N5O2/c1-13-12-30(9-8-16(13)28(2)17-5-4-14(24)10-19(17)31)22-15(11-26)23(32)29(3)18-6-7-20(25)27-21(18)22/h4-7,10,13,16,31H,8-9,12H2,1-3H3/t13-,16+/m0/s1. The van der Waals surface area contributed by atoms with Gasteiger partial charge < -0.3 is 19.5 Å². The normalized spacial score (nSPS) is 18.6. The van der Waals surface area contributed by atoms with E-state index in [1.165, 1.54) is 10.6 Å². The minimum absolute atomic E-state index is 0.0733. The highest BCUT2D eigenvalue weighted by Crippen LogP contribution is 2.36. The lowest BCUT2D eigenvalue weighted by molar-refractivity contribution is 0.367. The number of nitrogens with zero attached hydrogens (tertiary/aromatic N) is 5. The number of anilines is 2. The van der Waals surface area contributed by atoms with Gasteiger partial charge in [0.2, 0.25) is 0 Å². The van der Waals surface area contributed by atoms with Crippen molar-refractivity contribution in [1.82, 2.24) is 9.55 Å². The molecule has 9 heteroatoms. The molecule has 2 aromatic heterocycles. The number of benzene rings is 1. The van der Waals surface area contributed by atoms with Crippen LogP contribution in [0, 0.1) is 17.2 Å². The monoisotopic (exact) mass is 471 g/mol. The van der Waals surface area contributed by atoms with Gasteiger partial charge in [-0.1, -0.05) is 30.1 Å². The maximum Gasteiger partial charge on any atom is 0.270 e. The summed E-state index contributed by atoms with van der Waals surface area (Å²) in [4.78, 5) is 21.5. The van der Waals surface area contributed by atoms with Crippen molar-refractivity contribution in [3.05, 3.63) is 56.4 Å². The summed E-state index contributed by atoms with van der Waals surface area (Å²) in [6.07, 6.45) is 0.766. The summed E-state index contributed by atoms with van der Waals surface area (Å²) in [6, 6.07) is 10.7. The van der Waals surface area contributed by atoms with Crippen molar-refractivity contribution in [2.45, 2.75) is 19.4 Å². The maximum atomic E-state index is 12.9. The van der Waals surface area contributed by atoms with E-state index in [4.69, 9.17) is 23.2 Å². The number of aromatic nitrogens is 2. The number of aromatic hydroxyl groups is 1. The molecule has 1 N–H and O–H groups in total. The third-order valence-corrected chi connectivity index (χ3v) is 6.73. The Hall–Kier alpha value is -2.95. The summed E-state index contributed by atoms with van der Waals surface area (Å²) in [5, 5.41) is 20.9. The number of hydrogen-bond acceptors (Lipinski definition) is 6. The lowest BCUT2D eigenvalue weighted by Crippen LogP contribution is -2.49. The maximum absolute atomic E-state index is 12.9. The average molecular weight is 472 g/mol. The Kier molecular flexibility index (Phi) is 5.93. The third kappa shape index (κ3) is 3.74. The first kappa shape index (κ1) is 22.3.